The average Bonchev–Trinajstić information content (AvgIpc) is 2.96. The Morgan fingerprint density at radius 3 is 2.87 bits per heavy atom. The number of hydrogen-bond acceptors (Lipinski definition) is 2. The third-order valence-corrected chi connectivity index (χ3v) is 2.81. The van der Waals surface area contributed by atoms with Gasteiger partial charge in [0.1, 0.15) is 0 Å². The van der Waals surface area contributed by atoms with Crippen molar-refractivity contribution in [1.29, 1.82) is 0 Å². The average molecular weight is 203 g/mol. The molecule has 0 saturated heterocycles. The lowest BCUT2D eigenvalue weighted by atomic mass is 10.2. The van der Waals surface area contributed by atoms with Crippen molar-refractivity contribution < 1.29 is 0 Å². The number of aromatic amines is 2. The van der Waals surface area contributed by atoms with Crippen LogP contribution in [0.25, 0.3) is 11.0 Å². The van der Waals surface area contributed by atoms with Crippen molar-refractivity contribution in [1.82, 2.24) is 9.97 Å². The number of aromatic nitrogens is 2. The fourth-order valence-corrected chi connectivity index (χ4v) is 1.73. The molecular formula is C11H13N3O. The van der Waals surface area contributed by atoms with Gasteiger partial charge in [0, 0.05) is 12.2 Å². The number of imidazole rings is 1. The molecule has 1 aliphatic rings. The first kappa shape index (κ1) is 8.59. The van der Waals surface area contributed by atoms with Gasteiger partial charge in [-0.2, -0.15) is 0 Å². The molecule has 2 aromatic rings. The molecule has 0 bridgehead atoms. The van der Waals surface area contributed by atoms with Crippen LogP contribution in [0.4, 0.5) is 5.69 Å². The topological polar surface area (TPSA) is 60.7 Å². The smallest absolute Gasteiger partial charge is 0.323 e. The van der Waals surface area contributed by atoms with Gasteiger partial charge in [-0.25, -0.2) is 4.79 Å². The molecule has 0 atom stereocenters. The fraction of sp³-hybridized carbons (Fsp3) is 0.364. The minimum absolute atomic E-state index is 0.149. The van der Waals surface area contributed by atoms with E-state index in [1.807, 2.05) is 18.2 Å². The molecule has 0 aliphatic heterocycles. The van der Waals surface area contributed by atoms with Crippen molar-refractivity contribution in [3.05, 3.63) is 28.7 Å². The lowest BCUT2D eigenvalue weighted by Gasteiger charge is -2.04. The second-order valence-electron chi connectivity index (χ2n) is 4.16. The minimum Gasteiger partial charge on any atom is -0.385 e. The first-order chi connectivity index (χ1) is 7.31. The maximum absolute atomic E-state index is 11.0. The van der Waals surface area contributed by atoms with E-state index in [0.29, 0.717) is 0 Å². The lowest BCUT2D eigenvalue weighted by Crippen LogP contribution is -2.02. The number of benzene rings is 1. The first-order valence-electron chi connectivity index (χ1n) is 5.27. The third-order valence-electron chi connectivity index (χ3n) is 2.81. The van der Waals surface area contributed by atoms with Crippen molar-refractivity contribution in [2.45, 2.75) is 12.8 Å². The van der Waals surface area contributed by atoms with E-state index in [0.717, 1.165) is 29.2 Å². The van der Waals surface area contributed by atoms with Crippen LogP contribution >= 0.6 is 0 Å². The van der Waals surface area contributed by atoms with E-state index in [2.05, 4.69) is 15.3 Å². The Morgan fingerprint density at radius 2 is 2.07 bits per heavy atom. The quantitative estimate of drug-likeness (QED) is 0.710. The van der Waals surface area contributed by atoms with Crippen LogP contribution in [0, 0.1) is 5.92 Å². The summed E-state index contributed by atoms with van der Waals surface area (Å²) in [5, 5.41) is 3.37. The highest BCUT2D eigenvalue weighted by Gasteiger charge is 2.20. The van der Waals surface area contributed by atoms with Gasteiger partial charge in [-0.3, -0.25) is 0 Å². The number of rotatable bonds is 3. The standard InChI is InChI=1S/C11H13N3O/c15-11-13-9-4-3-8(5-10(9)14-11)12-6-7-1-2-7/h3-5,7,12H,1-2,6H2,(H2,13,14,15). The van der Waals surface area contributed by atoms with Crippen LogP contribution in [-0.2, 0) is 0 Å². The van der Waals surface area contributed by atoms with Crippen molar-refractivity contribution in [3.8, 4) is 0 Å². The largest absolute Gasteiger partial charge is 0.385 e. The zero-order valence-electron chi connectivity index (χ0n) is 8.34. The summed E-state index contributed by atoms with van der Waals surface area (Å²) < 4.78 is 0. The van der Waals surface area contributed by atoms with Crippen LogP contribution < -0.4 is 11.0 Å². The summed E-state index contributed by atoms with van der Waals surface area (Å²) in [6.45, 7) is 1.04. The predicted octanol–water partition coefficient (Wildman–Crippen LogP) is 1.68. The second-order valence-corrected chi connectivity index (χ2v) is 4.16. The molecule has 1 aromatic heterocycles. The highest BCUT2D eigenvalue weighted by atomic mass is 16.1. The Bertz CT molecular complexity index is 536. The van der Waals surface area contributed by atoms with Crippen LogP contribution in [0.1, 0.15) is 12.8 Å². The Kier molecular flexibility index (Phi) is 1.80. The molecule has 1 saturated carbocycles. The van der Waals surface area contributed by atoms with Crippen molar-refractivity contribution >= 4 is 16.7 Å². The first-order valence-corrected chi connectivity index (χ1v) is 5.27. The number of anilines is 1. The molecule has 1 fully saturated rings. The maximum Gasteiger partial charge on any atom is 0.323 e. The Morgan fingerprint density at radius 1 is 1.27 bits per heavy atom. The Balaban J connectivity index is 1.87. The number of nitrogens with one attached hydrogen (secondary N) is 3. The van der Waals surface area contributed by atoms with E-state index in [1.54, 1.807) is 0 Å². The summed E-state index contributed by atoms with van der Waals surface area (Å²) in [5.41, 5.74) is 2.65. The number of H-pyrrole nitrogens is 2. The number of fused-ring (bicyclic) bond motifs is 1. The van der Waals surface area contributed by atoms with Gasteiger partial charge in [-0.15, -0.1) is 0 Å². The predicted molar refractivity (Wildman–Crippen MR) is 60.1 cm³/mol. The molecule has 15 heavy (non-hydrogen) atoms. The highest BCUT2D eigenvalue weighted by molar-refractivity contribution is 5.78. The fourth-order valence-electron chi connectivity index (χ4n) is 1.73. The van der Waals surface area contributed by atoms with Crippen LogP contribution in [-0.4, -0.2) is 16.5 Å². The molecule has 0 unspecified atom stereocenters. The van der Waals surface area contributed by atoms with Gasteiger partial charge in [-0.1, -0.05) is 0 Å². The molecular weight excluding hydrogens is 190 g/mol. The molecule has 1 aliphatic carbocycles. The molecule has 4 heteroatoms. The van der Waals surface area contributed by atoms with Gasteiger partial charge in [0.15, 0.2) is 0 Å². The zero-order chi connectivity index (χ0) is 10.3. The van der Waals surface area contributed by atoms with Gasteiger partial charge in [0.2, 0.25) is 0 Å². The maximum atomic E-state index is 11.0. The Labute approximate surface area is 86.7 Å². The van der Waals surface area contributed by atoms with Gasteiger partial charge in [-0.05, 0) is 37.0 Å². The van der Waals surface area contributed by atoms with Crippen LogP contribution in [0.2, 0.25) is 0 Å². The SMILES string of the molecule is O=c1[nH]c2ccc(NCC3CC3)cc2[nH]1. The summed E-state index contributed by atoms with van der Waals surface area (Å²) >= 11 is 0. The summed E-state index contributed by atoms with van der Waals surface area (Å²) in [6.07, 6.45) is 2.69. The normalized spacial score (nSPS) is 15.7. The van der Waals surface area contributed by atoms with Gasteiger partial charge < -0.3 is 15.3 Å². The van der Waals surface area contributed by atoms with E-state index in [4.69, 9.17) is 0 Å². The molecule has 0 spiro atoms. The zero-order valence-corrected chi connectivity index (χ0v) is 8.34. The van der Waals surface area contributed by atoms with Crippen molar-refractivity contribution in [2.24, 2.45) is 5.92 Å². The molecule has 1 aromatic carbocycles. The summed E-state index contributed by atoms with van der Waals surface area (Å²) in [5.74, 6) is 0.853. The monoisotopic (exact) mass is 203 g/mol. The van der Waals surface area contributed by atoms with E-state index >= 15 is 0 Å². The molecule has 78 valence electrons. The number of hydrogen-bond donors (Lipinski definition) is 3. The van der Waals surface area contributed by atoms with Crippen molar-refractivity contribution in [2.75, 3.05) is 11.9 Å². The van der Waals surface area contributed by atoms with E-state index in [9.17, 15) is 4.79 Å². The Hall–Kier alpha value is -1.71. The molecule has 4 nitrogen and oxygen atoms in total. The molecule has 3 rings (SSSR count). The second kappa shape index (κ2) is 3.15. The lowest BCUT2D eigenvalue weighted by molar-refractivity contribution is 0.889. The van der Waals surface area contributed by atoms with Gasteiger partial charge in [0.05, 0.1) is 11.0 Å². The minimum atomic E-state index is -0.149. The van der Waals surface area contributed by atoms with E-state index in [1.165, 1.54) is 12.8 Å². The van der Waals surface area contributed by atoms with Crippen LogP contribution in [0.15, 0.2) is 23.0 Å². The van der Waals surface area contributed by atoms with Crippen molar-refractivity contribution in [3.63, 3.8) is 0 Å². The van der Waals surface area contributed by atoms with E-state index < -0.39 is 0 Å². The molecule has 3 N–H and O–H groups in total. The van der Waals surface area contributed by atoms with Crippen LogP contribution in [0.5, 0.6) is 0 Å². The van der Waals surface area contributed by atoms with Gasteiger partial charge in [0.25, 0.3) is 0 Å². The summed E-state index contributed by atoms with van der Waals surface area (Å²) in [6, 6.07) is 5.88. The van der Waals surface area contributed by atoms with E-state index in [-0.39, 0.29) is 5.69 Å². The van der Waals surface area contributed by atoms with Gasteiger partial charge >= 0.3 is 5.69 Å². The summed E-state index contributed by atoms with van der Waals surface area (Å²) in [7, 11) is 0. The summed E-state index contributed by atoms with van der Waals surface area (Å²) in [4.78, 5) is 16.5. The molecule has 0 radical (unpaired) electrons. The molecule has 1 heterocycles. The molecule has 0 amide bonds. The third kappa shape index (κ3) is 1.75. The van der Waals surface area contributed by atoms with Crippen LogP contribution in [0.3, 0.4) is 0 Å². The highest BCUT2D eigenvalue weighted by Crippen LogP contribution is 2.29.